The molecule has 1 heterocycles. The van der Waals surface area contributed by atoms with Gasteiger partial charge in [-0.15, -0.1) is 0 Å². The Morgan fingerprint density at radius 1 is 1.58 bits per heavy atom. The molecule has 2 rings (SSSR count). The average Bonchev–Trinajstić information content (AvgIpc) is 2.41. The molecular weight excluding hydrogens is 257 g/mol. The van der Waals surface area contributed by atoms with Gasteiger partial charge in [-0.05, 0) is 6.07 Å². The molecule has 1 aliphatic heterocycles. The first-order valence-corrected chi connectivity index (χ1v) is 5.64. The van der Waals surface area contributed by atoms with Crippen molar-refractivity contribution in [2.45, 2.75) is 6.04 Å². The Bertz CT molecular complexity index is 503. The van der Waals surface area contributed by atoms with Crippen LogP contribution in [0.1, 0.15) is 0 Å². The van der Waals surface area contributed by atoms with Crippen LogP contribution in [-0.2, 0) is 9.53 Å². The second-order valence-corrected chi connectivity index (χ2v) is 3.96. The normalized spacial score (nSPS) is 18.9. The van der Waals surface area contributed by atoms with E-state index in [9.17, 15) is 19.3 Å². The molecule has 1 unspecified atom stereocenters. The van der Waals surface area contributed by atoms with Crippen molar-refractivity contribution in [2.24, 2.45) is 0 Å². The molecule has 0 aromatic heterocycles. The van der Waals surface area contributed by atoms with Crippen molar-refractivity contribution in [2.75, 3.05) is 25.1 Å². The molecule has 1 aromatic rings. The molecule has 1 aromatic carbocycles. The minimum atomic E-state index is -0.848. The molecule has 7 nitrogen and oxygen atoms in total. The predicted octanol–water partition coefficient (Wildman–Crippen LogP) is 0.661. The van der Waals surface area contributed by atoms with Gasteiger partial charge in [0.1, 0.15) is 6.04 Å². The second kappa shape index (κ2) is 5.72. The molecule has 0 bridgehead atoms. The van der Waals surface area contributed by atoms with Crippen LogP contribution < -0.4 is 10.6 Å². The number of amides is 1. The van der Waals surface area contributed by atoms with Gasteiger partial charge in [0.25, 0.3) is 5.69 Å². The number of carbonyl (C=O) groups excluding carboxylic acids is 1. The van der Waals surface area contributed by atoms with E-state index in [0.29, 0.717) is 13.2 Å². The molecule has 102 valence electrons. The molecule has 1 fully saturated rings. The summed E-state index contributed by atoms with van der Waals surface area (Å²) in [6, 6.07) is 2.75. The smallest absolute Gasteiger partial charge is 0.295 e. The summed E-state index contributed by atoms with van der Waals surface area (Å²) in [6.45, 7) is 1.13. The standard InChI is InChI=1S/C11H12FN3O4/c12-7-2-1-3-9(15(17)18)10(7)14-11(16)8-6-19-5-4-13-8/h1-3,8,13H,4-6H2,(H,14,16). The van der Waals surface area contributed by atoms with Crippen LogP contribution in [0.3, 0.4) is 0 Å². The molecule has 1 amide bonds. The number of benzene rings is 1. The van der Waals surface area contributed by atoms with Gasteiger partial charge >= 0.3 is 0 Å². The highest BCUT2D eigenvalue weighted by Gasteiger charge is 2.25. The summed E-state index contributed by atoms with van der Waals surface area (Å²) < 4.78 is 18.7. The van der Waals surface area contributed by atoms with E-state index in [1.807, 2.05) is 0 Å². The van der Waals surface area contributed by atoms with Gasteiger partial charge in [-0.2, -0.15) is 0 Å². The van der Waals surface area contributed by atoms with Gasteiger partial charge in [0.05, 0.1) is 18.1 Å². The minimum Gasteiger partial charge on any atom is -0.378 e. The Kier molecular flexibility index (Phi) is 4.03. The lowest BCUT2D eigenvalue weighted by Crippen LogP contribution is -2.49. The Morgan fingerprint density at radius 2 is 2.37 bits per heavy atom. The number of nitrogens with one attached hydrogen (secondary N) is 2. The maximum absolute atomic E-state index is 13.6. The van der Waals surface area contributed by atoms with E-state index >= 15 is 0 Å². The van der Waals surface area contributed by atoms with Crippen molar-refractivity contribution < 1.29 is 18.8 Å². The van der Waals surface area contributed by atoms with Crippen molar-refractivity contribution >= 4 is 17.3 Å². The zero-order chi connectivity index (χ0) is 13.8. The number of hydrogen-bond donors (Lipinski definition) is 2. The van der Waals surface area contributed by atoms with Gasteiger partial charge in [-0.3, -0.25) is 14.9 Å². The topological polar surface area (TPSA) is 93.5 Å². The Hall–Kier alpha value is -2.06. The third-order valence-electron chi connectivity index (χ3n) is 2.67. The fourth-order valence-electron chi connectivity index (χ4n) is 1.73. The fraction of sp³-hybridized carbons (Fsp3) is 0.364. The number of morpholine rings is 1. The van der Waals surface area contributed by atoms with Crippen LogP contribution in [0, 0.1) is 15.9 Å². The number of anilines is 1. The molecule has 0 radical (unpaired) electrons. The lowest BCUT2D eigenvalue weighted by Gasteiger charge is -2.22. The number of hydrogen-bond acceptors (Lipinski definition) is 5. The lowest BCUT2D eigenvalue weighted by atomic mass is 10.2. The predicted molar refractivity (Wildman–Crippen MR) is 64.3 cm³/mol. The number of halogens is 1. The summed E-state index contributed by atoms with van der Waals surface area (Å²) in [5, 5.41) is 15.9. The highest BCUT2D eigenvalue weighted by Crippen LogP contribution is 2.27. The number of nitro benzene ring substituents is 1. The van der Waals surface area contributed by atoms with Crippen LogP contribution in [0.15, 0.2) is 18.2 Å². The van der Waals surface area contributed by atoms with Gasteiger partial charge in [0.2, 0.25) is 5.91 Å². The van der Waals surface area contributed by atoms with Crippen molar-refractivity contribution in [1.29, 1.82) is 0 Å². The molecule has 0 spiro atoms. The third kappa shape index (κ3) is 3.04. The zero-order valence-electron chi connectivity index (χ0n) is 9.89. The number of carbonyl (C=O) groups is 1. The summed E-state index contributed by atoms with van der Waals surface area (Å²) in [6.07, 6.45) is 0. The quantitative estimate of drug-likeness (QED) is 0.621. The Morgan fingerprint density at radius 3 is 3.00 bits per heavy atom. The van der Waals surface area contributed by atoms with E-state index in [2.05, 4.69) is 10.6 Å². The second-order valence-electron chi connectivity index (χ2n) is 3.96. The molecule has 0 saturated carbocycles. The van der Waals surface area contributed by atoms with E-state index in [4.69, 9.17) is 4.74 Å². The van der Waals surface area contributed by atoms with E-state index in [0.717, 1.165) is 12.1 Å². The van der Waals surface area contributed by atoms with Gasteiger partial charge < -0.3 is 15.4 Å². The van der Waals surface area contributed by atoms with Crippen molar-refractivity contribution in [3.63, 3.8) is 0 Å². The Balaban J connectivity index is 2.18. The summed E-state index contributed by atoms with van der Waals surface area (Å²) in [5.41, 5.74) is -0.907. The molecular formula is C11H12FN3O4. The average molecular weight is 269 g/mol. The van der Waals surface area contributed by atoms with Crippen LogP contribution in [0.2, 0.25) is 0 Å². The third-order valence-corrected chi connectivity index (χ3v) is 2.67. The van der Waals surface area contributed by atoms with Crippen LogP contribution in [0.5, 0.6) is 0 Å². The molecule has 1 aliphatic rings. The van der Waals surface area contributed by atoms with Gasteiger partial charge in [0, 0.05) is 12.6 Å². The zero-order valence-corrected chi connectivity index (χ0v) is 9.89. The van der Waals surface area contributed by atoms with E-state index < -0.39 is 34.1 Å². The molecule has 1 atom stereocenters. The van der Waals surface area contributed by atoms with E-state index in [-0.39, 0.29) is 6.61 Å². The molecule has 1 saturated heterocycles. The number of nitro groups is 1. The molecule has 19 heavy (non-hydrogen) atoms. The summed E-state index contributed by atoms with van der Waals surface area (Å²) in [5.74, 6) is -1.41. The van der Waals surface area contributed by atoms with Crippen molar-refractivity contribution in [3.05, 3.63) is 34.1 Å². The SMILES string of the molecule is O=C(Nc1c(F)cccc1[N+](=O)[O-])C1COCCN1. The summed E-state index contributed by atoms with van der Waals surface area (Å²) in [4.78, 5) is 21.9. The first-order valence-electron chi connectivity index (χ1n) is 5.64. The first kappa shape index (κ1) is 13.4. The van der Waals surface area contributed by atoms with Crippen LogP contribution in [0.25, 0.3) is 0 Å². The maximum Gasteiger partial charge on any atom is 0.295 e. The fourth-order valence-corrected chi connectivity index (χ4v) is 1.73. The number of ether oxygens (including phenoxy) is 1. The van der Waals surface area contributed by atoms with Crippen molar-refractivity contribution in [1.82, 2.24) is 5.32 Å². The van der Waals surface area contributed by atoms with Gasteiger partial charge in [0.15, 0.2) is 11.5 Å². The summed E-state index contributed by atoms with van der Waals surface area (Å²) >= 11 is 0. The van der Waals surface area contributed by atoms with Crippen molar-refractivity contribution in [3.8, 4) is 0 Å². The number of nitrogens with zero attached hydrogens (tertiary/aromatic N) is 1. The molecule has 2 N–H and O–H groups in total. The lowest BCUT2D eigenvalue weighted by molar-refractivity contribution is -0.384. The van der Waals surface area contributed by atoms with Crippen LogP contribution in [-0.4, -0.2) is 36.6 Å². The molecule has 0 aliphatic carbocycles. The highest BCUT2D eigenvalue weighted by atomic mass is 19.1. The largest absolute Gasteiger partial charge is 0.378 e. The highest BCUT2D eigenvalue weighted by molar-refractivity contribution is 5.97. The van der Waals surface area contributed by atoms with Crippen LogP contribution in [0.4, 0.5) is 15.8 Å². The summed E-state index contributed by atoms with van der Waals surface area (Å²) in [7, 11) is 0. The Labute approximate surface area is 107 Å². The molecule has 8 heteroatoms. The maximum atomic E-state index is 13.6. The van der Waals surface area contributed by atoms with Crippen LogP contribution >= 0.6 is 0 Å². The monoisotopic (exact) mass is 269 g/mol. The van der Waals surface area contributed by atoms with Gasteiger partial charge in [-0.25, -0.2) is 4.39 Å². The first-order chi connectivity index (χ1) is 9.09. The number of para-hydroxylation sites is 1. The van der Waals surface area contributed by atoms with E-state index in [1.165, 1.54) is 6.07 Å². The number of rotatable bonds is 3. The minimum absolute atomic E-state index is 0.147. The van der Waals surface area contributed by atoms with E-state index in [1.54, 1.807) is 0 Å². The van der Waals surface area contributed by atoms with Gasteiger partial charge in [-0.1, -0.05) is 6.07 Å².